The van der Waals surface area contributed by atoms with Gasteiger partial charge in [0.25, 0.3) is 0 Å². The van der Waals surface area contributed by atoms with Crippen LogP contribution in [0.4, 0.5) is 10.2 Å². The fourth-order valence-electron chi connectivity index (χ4n) is 2.47. The zero-order valence-corrected chi connectivity index (χ0v) is 11.9. The maximum atomic E-state index is 12.1. The topological polar surface area (TPSA) is 149 Å². The highest BCUT2D eigenvalue weighted by molar-refractivity contribution is 5.81. The van der Waals surface area contributed by atoms with Crippen molar-refractivity contribution in [3.63, 3.8) is 0 Å². The molecule has 1 aliphatic rings. The number of nitrogens with two attached hydrogens (primary N) is 1. The van der Waals surface area contributed by atoms with E-state index in [-0.39, 0.29) is 12.4 Å². The van der Waals surface area contributed by atoms with Crippen molar-refractivity contribution in [2.24, 2.45) is 0 Å². The number of nitrogens with zero attached hydrogens (tertiary/aromatic N) is 4. The quantitative estimate of drug-likeness (QED) is 0.472. The van der Waals surface area contributed by atoms with Crippen LogP contribution in [-0.2, 0) is 9.47 Å². The molecule has 0 radical (unpaired) electrons. The predicted octanol–water partition coefficient (Wildman–Crippen LogP) is -1.67. The predicted molar refractivity (Wildman–Crippen MR) is 73.6 cm³/mol. The molecule has 0 aromatic carbocycles. The van der Waals surface area contributed by atoms with Gasteiger partial charge in [0.1, 0.15) is 36.8 Å². The highest BCUT2D eigenvalue weighted by Crippen LogP contribution is 2.33. The third kappa shape index (κ3) is 2.72. The molecule has 3 heterocycles. The van der Waals surface area contributed by atoms with Crippen LogP contribution in [0.3, 0.4) is 0 Å². The molecule has 2 aromatic heterocycles. The van der Waals surface area contributed by atoms with E-state index in [0.29, 0.717) is 11.2 Å². The molecule has 126 valence electrons. The standard InChI is InChI=1S/C12H16FN5O5/c13-1-2-22-12(21)8-6(19)7(20)11(23-8)18-4-17-5-9(14)15-3-16-10(5)18/h3-4,6-8,11-12,19-21H,1-2H2,(H2,14,15,16)/t6-,7+,8-,11+,12?/m0/s1. The van der Waals surface area contributed by atoms with E-state index in [9.17, 15) is 19.7 Å². The zero-order valence-electron chi connectivity index (χ0n) is 11.9. The first-order chi connectivity index (χ1) is 11.0. The smallest absolute Gasteiger partial charge is 0.184 e. The Hall–Kier alpha value is -1.92. The van der Waals surface area contributed by atoms with Gasteiger partial charge < -0.3 is 30.5 Å². The summed E-state index contributed by atoms with van der Waals surface area (Å²) in [6, 6.07) is 0. The molecule has 1 saturated heterocycles. The van der Waals surface area contributed by atoms with E-state index in [1.165, 1.54) is 17.2 Å². The third-order valence-electron chi connectivity index (χ3n) is 3.58. The first-order valence-electron chi connectivity index (χ1n) is 6.85. The number of hydrogen-bond donors (Lipinski definition) is 4. The van der Waals surface area contributed by atoms with E-state index < -0.39 is 37.5 Å². The lowest BCUT2D eigenvalue weighted by Crippen LogP contribution is -2.40. The van der Waals surface area contributed by atoms with Crippen molar-refractivity contribution in [2.45, 2.75) is 30.8 Å². The number of aliphatic hydroxyl groups is 3. The van der Waals surface area contributed by atoms with Gasteiger partial charge in [-0.2, -0.15) is 0 Å². The molecular weight excluding hydrogens is 313 g/mol. The summed E-state index contributed by atoms with van der Waals surface area (Å²) in [4.78, 5) is 11.9. The van der Waals surface area contributed by atoms with Crippen LogP contribution < -0.4 is 5.73 Å². The summed E-state index contributed by atoms with van der Waals surface area (Å²) >= 11 is 0. The summed E-state index contributed by atoms with van der Waals surface area (Å²) in [5, 5.41) is 30.0. The average molecular weight is 329 g/mol. The van der Waals surface area contributed by atoms with Crippen LogP contribution in [0.1, 0.15) is 6.23 Å². The molecule has 0 spiro atoms. The lowest BCUT2D eigenvalue weighted by molar-refractivity contribution is -0.196. The molecule has 0 aliphatic carbocycles. The molecule has 0 amide bonds. The van der Waals surface area contributed by atoms with E-state index >= 15 is 0 Å². The summed E-state index contributed by atoms with van der Waals surface area (Å²) < 4.78 is 23.7. The molecule has 0 bridgehead atoms. The molecule has 0 saturated carbocycles. The van der Waals surface area contributed by atoms with Gasteiger partial charge in [0.05, 0.1) is 12.9 Å². The second-order valence-corrected chi connectivity index (χ2v) is 5.01. The number of anilines is 1. The van der Waals surface area contributed by atoms with E-state index in [4.69, 9.17) is 15.2 Å². The van der Waals surface area contributed by atoms with Crippen molar-refractivity contribution in [1.29, 1.82) is 0 Å². The monoisotopic (exact) mass is 329 g/mol. The van der Waals surface area contributed by atoms with Gasteiger partial charge in [-0.15, -0.1) is 0 Å². The van der Waals surface area contributed by atoms with Crippen LogP contribution in [-0.4, -0.2) is 72.7 Å². The number of alkyl halides is 1. The lowest BCUT2D eigenvalue weighted by atomic mass is 10.1. The Labute approximate surface area is 129 Å². The lowest BCUT2D eigenvalue weighted by Gasteiger charge is -2.20. The number of aliphatic hydroxyl groups excluding tert-OH is 3. The van der Waals surface area contributed by atoms with E-state index in [1.807, 2.05) is 0 Å². The third-order valence-corrected chi connectivity index (χ3v) is 3.58. The van der Waals surface area contributed by atoms with Gasteiger partial charge in [0.15, 0.2) is 24.0 Å². The highest BCUT2D eigenvalue weighted by atomic mass is 19.1. The van der Waals surface area contributed by atoms with E-state index in [2.05, 4.69) is 15.0 Å². The molecule has 3 rings (SSSR count). The zero-order chi connectivity index (χ0) is 16.6. The number of fused-ring (bicyclic) bond motifs is 1. The number of aromatic nitrogens is 4. The average Bonchev–Trinajstić information content (AvgIpc) is 3.09. The number of nitrogen functional groups attached to an aromatic ring is 1. The number of hydrogen-bond acceptors (Lipinski definition) is 9. The Bertz CT molecular complexity index is 685. The minimum atomic E-state index is -1.59. The molecule has 5 N–H and O–H groups in total. The Balaban J connectivity index is 1.86. The Morgan fingerprint density at radius 2 is 2.13 bits per heavy atom. The second-order valence-electron chi connectivity index (χ2n) is 5.01. The van der Waals surface area contributed by atoms with Crippen LogP contribution in [0, 0.1) is 0 Å². The Morgan fingerprint density at radius 1 is 1.35 bits per heavy atom. The normalized spacial score (nSPS) is 29.2. The summed E-state index contributed by atoms with van der Waals surface area (Å²) in [5.41, 5.74) is 6.30. The van der Waals surface area contributed by atoms with Gasteiger partial charge in [-0.3, -0.25) is 4.57 Å². The van der Waals surface area contributed by atoms with Crippen molar-refractivity contribution in [2.75, 3.05) is 19.0 Å². The Kier molecular flexibility index (Phi) is 4.37. The van der Waals surface area contributed by atoms with E-state index in [1.54, 1.807) is 0 Å². The number of imidazole rings is 1. The van der Waals surface area contributed by atoms with Crippen LogP contribution in [0.25, 0.3) is 11.2 Å². The second kappa shape index (κ2) is 6.29. The number of halogens is 1. The molecule has 1 fully saturated rings. The molecule has 10 nitrogen and oxygen atoms in total. The van der Waals surface area contributed by atoms with Gasteiger partial charge in [0, 0.05) is 0 Å². The van der Waals surface area contributed by atoms with Crippen LogP contribution >= 0.6 is 0 Å². The fraction of sp³-hybridized carbons (Fsp3) is 0.583. The SMILES string of the molecule is Nc1ncnc2c1ncn2[C@@H]1O[C@H](C(O)OCCF)[C@@H](O)[C@H]1O. The maximum absolute atomic E-state index is 12.1. The summed E-state index contributed by atoms with van der Waals surface area (Å²) in [7, 11) is 0. The van der Waals surface area contributed by atoms with Crippen molar-refractivity contribution in [1.82, 2.24) is 19.5 Å². The maximum Gasteiger partial charge on any atom is 0.184 e. The minimum Gasteiger partial charge on any atom is -0.387 e. The van der Waals surface area contributed by atoms with Crippen molar-refractivity contribution >= 4 is 17.0 Å². The van der Waals surface area contributed by atoms with Gasteiger partial charge in [-0.25, -0.2) is 19.3 Å². The van der Waals surface area contributed by atoms with Gasteiger partial charge in [-0.05, 0) is 0 Å². The van der Waals surface area contributed by atoms with Crippen LogP contribution in [0.2, 0.25) is 0 Å². The molecule has 5 atom stereocenters. The largest absolute Gasteiger partial charge is 0.387 e. The van der Waals surface area contributed by atoms with Crippen LogP contribution in [0.5, 0.6) is 0 Å². The Morgan fingerprint density at radius 3 is 2.87 bits per heavy atom. The van der Waals surface area contributed by atoms with Crippen molar-refractivity contribution in [3.8, 4) is 0 Å². The van der Waals surface area contributed by atoms with Gasteiger partial charge in [-0.1, -0.05) is 0 Å². The van der Waals surface area contributed by atoms with Gasteiger partial charge in [0.2, 0.25) is 0 Å². The summed E-state index contributed by atoms with van der Waals surface area (Å²) in [6.45, 7) is -1.15. The van der Waals surface area contributed by atoms with Crippen LogP contribution in [0.15, 0.2) is 12.7 Å². The molecule has 1 aliphatic heterocycles. The van der Waals surface area contributed by atoms with E-state index in [0.717, 1.165) is 0 Å². The first kappa shape index (κ1) is 16.0. The van der Waals surface area contributed by atoms with Gasteiger partial charge >= 0.3 is 0 Å². The molecule has 1 unspecified atom stereocenters. The van der Waals surface area contributed by atoms with Crippen molar-refractivity contribution < 1.29 is 29.2 Å². The highest BCUT2D eigenvalue weighted by Gasteiger charge is 2.47. The minimum absolute atomic E-state index is 0.157. The molecule has 23 heavy (non-hydrogen) atoms. The molecular formula is C12H16FN5O5. The first-order valence-corrected chi connectivity index (χ1v) is 6.85. The fourth-order valence-corrected chi connectivity index (χ4v) is 2.47. The molecule has 2 aromatic rings. The van der Waals surface area contributed by atoms with Crippen molar-refractivity contribution in [3.05, 3.63) is 12.7 Å². The summed E-state index contributed by atoms with van der Waals surface area (Å²) in [6.07, 6.45) is -4.17. The number of rotatable bonds is 5. The summed E-state index contributed by atoms with van der Waals surface area (Å²) in [5.74, 6) is 0.157. The molecule has 11 heteroatoms. The number of ether oxygens (including phenoxy) is 2.